The van der Waals surface area contributed by atoms with Crippen LogP contribution in [0.5, 0.6) is 11.5 Å². The van der Waals surface area contributed by atoms with Crippen LogP contribution in [0.1, 0.15) is 50.0 Å². The van der Waals surface area contributed by atoms with Crippen molar-refractivity contribution in [3.05, 3.63) is 23.8 Å². The fourth-order valence-corrected chi connectivity index (χ4v) is 3.41. The third-order valence-electron chi connectivity index (χ3n) is 4.32. The van der Waals surface area contributed by atoms with Gasteiger partial charge in [0, 0.05) is 5.56 Å². The van der Waals surface area contributed by atoms with Crippen LogP contribution in [-0.4, -0.2) is 14.2 Å². The van der Waals surface area contributed by atoms with Gasteiger partial charge in [-0.2, -0.15) is 0 Å². The Bertz CT molecular complexity index is 425. The molecule has 1 atom stereocenters. The molecule has 0 aliphatic heterocycles. The smallest absolute Gasteiger partial charge is 0.123 e. The van der Waals surface area contributed by atoms with Crippen LogP contribution in [0, 0.1) is 5.41 Å². The van der Waals surface area contributed by atoms with E-state index in [9.17, 15) is 0 Å². The average molecular weight is 283 g/mol. The number of rotatable bonds is 4. The van der Waals surface area contributed by atoms with E-state index in [1.165, 1.54) is 32.1 Å². The van der Waals surface area contributed by atoms with Crippen molar-refractivity contribution in [3.63, 3.8) is 0 Å². The van der Waals surface area contributed by atoms with E-state index in [1.807, 2.05) is 18.2 Å². The van der Waals surface area contributed by atoms with Gasteiger partial charge in [0.1, 0.15) is 11.5 Å². The van der Waals surface area contributed by atoms with E-state index in [2.05, 4.69) is 6.92 Å². The van der Waals surface area contributed by atoms with Gasteiger partial charge in [-0.3, -0.25) is 0 Å². The molecule has 0 saturated heterocycles. The molecule has 1 fully saturated rings. The molecule has 1 aromatic carbocycles. The minimum atomic E-state index is -0.0298. The quantitative estimate of drug-likeness (QED) is 0.727. The van der Waals surface area contributed by atoms with Crippen LogP contribution in [0.2, 0.25) is 0 Å². The minimum absolute atomic E-state index is 0.0298. The second-order valence-corrected chi connectivity index (χ2v) is 6.12. The van der Waals surface area contributed by atoms with Crippen LogP contribution in [0.3, 0.4) is 0 Å². The standard InChI is InChI=1S/C16H23ClO2/c1-16(9-5-4-6-10-16)15(17)13-11-12(18-2)7-8-14(13)19-3/h7-8,11,15H,4-6,9-10H2,1-3H3. The molecule has 3 heteroatoms. The summed E-state index contributed by atoms with van der Waals surface area (Å²) in [6.07, 6.45) is 6.23. The summed E-state index contributed by atoms with van der Waals surface area (Å²) in [7, 11) is 3.37. The van der Waals surface area contributed by atoms with Crippen LogP contribution in [0.25, 0.3) is 0 Å². The van der Waals surface area contributed by atoms with Gasteiger partial charge in [0.15, 0.2) is 0 Å². The van der Waals surface area contributed by atoms with E-state index >= 15 is 0 Å². The van der Waals surface area contributed by atoms with Crippen molar-refractivity contribution in [2.24, 2.45) is 5.41 Å². The summed E-state index contributed by atoms with van der Waals surface area (Å²) in [4.78, 5) is 0. The molecule has 1 saturated carbocycles. The lowest BCUT2D eigenvalue weighted by molar-refractivity contribution is 0.204. The largest absolute Gasteiger partial charge is 0.497 e. The molecule has 0 radical (unpaired) electrons. The Morgan fingerprint density at radius 1 is 1.11 bits per heavy atom. The van der Waals surface area contributed by atoms with Crippen LogP contribution in [0.4, 0.5) is 0 Å². The van der Waals surface area contributed by atoms with Crippen molar-refractivity contribution in [2.45, 2.75) is 44.4 Å². The number of hydrogen-bond acceptors (Lipinski definition) is 2. The summed E-state index contributed by atoms with van der Waals surface area (Å²) in [5.74, 6) is 1.69. The maximum absolute atomic E-state index is 6.80. The van der Waals surface area contributed by atoms with Gasteiger partial charge >= 0.3 is 0 Å². The van der Waals surface area contributed by atoms with Gasteiger partial charge in [-0.1, -0.05) is 26.2 Å². The molecule has 0 spiro atoms. The summed E-state index contributed by atoms with van der Waals surface area (Å²) in [5.41, 5.74) is 1.20. The number of alkyl halides is 1. The Labute approximate surface area is 121 Å². The molecule has 0 N–H and O–H groups in total. The Balaban J connectivity index is 2.33. The first kappa shape index (κ1) is 14.5. The zero-order chi connectivity index (χ0) is 13.9. The first-order valence-electron chi connectivity index (χ1n) is 6.97. The molecular weight excluding hydrogens is 260 g/mol. The number of hydrogen-bond donors (Lipinski definition) is 0. The number of ether oxygens (including phenoxy) is 2. The van der Waals surface area contributed by atoms with E-state index < -0.39 is 0 Å². The number of methoxy groups -OCH3 is 2. The van der Waals surface area contributed by atoms with Crippen molar-refractivity contribution < 1.29 is 9.47 Å². The molecule has 0 bridgehead atoms. The van der Waals surface area contributed by atoms with Crippen molar-refractivity contribution in [2.75, 3.05) is 14.2 Å². The van der Waals surface area contributed by atoms with E-state index in [0.717, 1.165) is 17.1 Å². The first-order valence-corrected chi connectivity index (χ1v) is 7.40. The molecule has 2 rings (SSSR count). The fourth-order valence-electron chi connectivity index (χ4n) is 3.03. The Hall–Kier alpha value is -0.890. The highest BCUT2D eigenvalue weighted by atomic mass is 35.5. The molecule has 1 aliphatic carbocycles. The fraction of sp³-hybridized carbons (Fsp3) is 0.625. The highest BCUT2D eigenvalue weighted by Crippen LogP contribution is 2.51. The Morgan fingerprint density at radius 3 is 2.37 bits per heavy atom. The van der Waals surface area contributed by atoms with Gasteiger partial charge < -0.3 is 9.47 Å². The third-order valence-corrected chi connectivity index (χ3v) is 5.08. The zero-order valence-corrected chi connectivity index (χ0v) is 12.8. The van der Waals surface area contributed by atoms with Crippen molar-refractivity contribution in [1.29, 1.82) is 0 Å². The van der Waals surface area contributed by atoms with E-state index in [1.54, 1.807) is 14.2 Å². The van der Waals surface area contributed by atoms with Gasteiger partial charge in [0.25, 0.3) is 0 Å². The highest BCUT2D eigenvalue weighted by Gasteiger charge is 2.36. The molecule has 1 unspecified atom stereocenters. The number of benzene rings is 1. The van der Waals surface area contributed by atoms with E-state index in [4.69, 9.17) is 21.1 Å². The monoisotopic (exact) mass is 282 g/mol. The molecule has 0 heterocycles. The lowest BCUT2D eigenvalue weighted by atomic mass is 9.71. The summed E-state index contributed by atoms with van der Waals surface area (Å²) in [5, 5.41) is -0.0298. The summed E-state index contributed by atoms with van der Waals surface area (Å²) in [6, 6.07) is 5.86. The molecule has 106 valence electrons. The first-order chi connectivity index (χ1) is 9.10. The molecule has 0 aromatic heterocycles. The maximum Gasteiger partial charge on any atom is 0.123 e. The van der Waals surface area contributed by atoms with Gasteiger partial charge in [-0.25, -0.2) is 0 Å². The van der Waals surface area contributed by atoms with Crippen molar-refractivity contribution >= 4 is 11.6 Å². The van der Waals surface area contributed by atoms with Crippen LogP contribution < -0.4 is 9.47 Å². The Kier molecular flexibility index (Phi) is 4.62. The van der Waals surface area contributed by atoms with E-state index in [-0.39, 0.29) is 10.8 Å². The number of halogens is 1. The predicted octanol–water partition coefficient (Wildman–Crippen LogP) is 4.95. The average Bonchev–Trinajstić information content (AvgIpc) is 2.46. The van der Waals surface area contributed by atoms with Crippen LogP contribution in [0.15, 0.2) is 18.2 Å². The molecule has 2 nitrogen and oxygen atoms in total. The van der Waals surface area contributed by atoms with Crippen molar-refractivity contribution in [1.82, 2.24) is 0 Å². The second-order valence-electron chi connectivity index (χ2n) is 5.69. The molecule has 1 aromatic rings. The maximum atomic E-state index is 6.80. The molecular formula is C16H23ClO2. The van der Waals surface area contributed by atoms with Gasteiger partial charge in [-0.15, -0.1) is 11.6 Å². The third kappa shape index (κ3) is 3.00. The second kappa shape index (κ2) is 6.04. The van der Waals surface area contributed by atoms with E-state index in [0.29, 0.717) is 0 Å². The zero-order valence-electron chi connectivity index (χ0n) is 12.0. The topological polar surface area (TPSA) is 18.5 Å². The molecule has 0 amide bonds. The SMILES string of the molecule is COc1ccc(OC)c(C(Cl)C2(C)CCCCC2)c1. The summed E-state index contributed by atoms with van der Waals surface area (Å²) in [6.45, 7) is 2.29. The Morgan fingerprint density at radius 2 is 1.79 bits per heavy atom. The van der Waals surface area contributed by atoms with Crippen LogP contribution in [-0.2, 0) is 0 Å². The lowest BCUT2D eigenvalue weighted by Crippen LogP contribution is -2.25. The normalized spacial score (nSPS) is 19.8. The predicted molar refractivity (Wildman–Crippen MR) is 79.3 cm³/mol. The minimum Gasteiger partial charge on any atom is -0.497 e. The molecule has 1 aliphatic rings. The van der Waals surface area contributed by atoms with Crippen LogP contribution >= 0.6 is 11.6 Å². The summed E-state index contributed by atoms with van der Waals surface area (Å²) >= 11 is 6.80. The van der Waals surface area contributed by atoms with Gasteiger partial charge in [-0.05, 0) is 36.5 Å². The van der Waals surface area contributed by atoms with Crippen molar-refractivity contribution in [3.8, 4) is 11.5 Å². The van der Waals surface area contributed by atoms with Gasteiger partial charge in [0.05, 0.1) is 19.6 Å². The lowest BCUT2D eigenvalue weighted by Gasteiger charge is -2.38. The molecule has 19 heavy (non-hydrogen) atoms. The summed E-state index contributed by atoms with van der Waals surface area (Å²) < 4.78 is 10.8. The highest BCUT2D eigenvalue weighted by molar-refractivity contribution is 6.21. The van der Waals surface area contributed by atoms with Gasteiger partial charge in [0.2, 0.25) is 0 Å².